The fourth-order valence-electron chi connectivity index (χ4n) is 2.61. The van der Waals surface area contributed by atoms with Crippen molar-refractivity contribution >= 4 is 11.9 Å². The zero-order valence-electron chi connectivity index (χ0n) is 12.6. The van der Waals surface area contributed by atoms with Gasteiger partial charge in [0, 0.05) is 13.1 Å². The summed E-state index contributed by atoms with van der Waals surface area (Å²) in [5.41, 5.74) is 2.43. The molecule has 0 fully saturated rings. The molecule has 0 saturated heterocycles. The standard InChI is InChI=1S/C16H22N2O3/c1-3-8-18(11-15(19)21-2)16(20)14-9-12-6-4-5-7-13(12)10-17-14/h4-7,14,17H,3,8-11H2,1-2H3/t14-/m0/s1. The van der Waals surface area contributed by atoms with Crippen LogP contribution in [0.1, 0.15) is 24.5 Å². The second-order valence-corrected chi connectivity index (χ2v) is 5.24. The molecule has 1 aromatic carbocycles. The van der Waals surface area contributed by atoms with Crippen LogP contribution in [0.2, 0.25) is 0 Å². The van der Waals surface area contributed by atoms with Gasteiger partial charge in [0.05, 0.1) is 13.2 Å². The van der Waals surface area contributed by atoms with Crippen LogP contribution in [0.3, 0.4) is 0 Å². The maximum absolute atomic E-state index is 12.6. The Hall–Kier alpha value is -1.88. The van der Waals surface area contributed by atoms with Crippen molar-refractivity contribution in [2.75, 3.05) is 20.2 Å². The van der Waals surface area contributed by atoms with Crippen LogP contribution in [0.15, 0.2) is 24.3 Å². The summed E-state index contributed by atoms with van der Waals surface area (Å²) in [7, 11) is 1.34. The van der Waals surface area contributed by atoms with Gasteiger partial charge in [0.15, 0.2) is 0 Å². The van der Waals surface area contributed by atoms with E-state index in [0.717, 1.165) is 6.42 Å². The highest BCUT2D eigenvalue weighted by atomic mass is 16.5. The lowest BCUT2D eigenvalue weighted by molar-refractivity contribution is -0.147. The highest BCUT2D eigenvalue weighted by Gasteiger charge is 2.28. The fourth-order valence-corrected chi connectivity index (χ4v) is 2.61. The minimum atomic E-state index is -0.381. The van der Waals surface area contributed by atoms with Crippen molar-refractivity contribution in [3.8, 4) is 0 Å². The summed E-state index contributed by atoms with van der Waals surface area (Å²) >= 11 is 0. The average Bonchev–Trinajstić information content (AvgIpc) is 2.53. The second-order valence-electron chi connectivity index (χ2n) is 5.24. The number of rotatable bonds is 5. The molecule has 1 atom stereocenters. The van der Waals surface area contributed by atoms with Crippen LogP contribution in [0.25, 0.3) is 0 Å². The Kier molecular flexibility index (Phi) is 5.33. The Morgan fingerprint density at radius 1 is 1.33 bits per heavy atom. The number of nitrogens with one attached hydrogen (secondary N) is 1. The predicted molar refractivity (Wildman–Crippen MR) is 79.7 cm³/mol. The van der Waals surface area contributed by atoms with Crippen molar-refractivity contribution in [1.82, 2.24) is 10.2 Å². The van der Waals surface area contributed by atoms with Gasteiger partial charge < -0.3 is 15.0 Å². The van der Waals surface area contributed by atoms with Crippen LogP contribution in [0, 0.1) is 0 Å². The zero-order valence-corrected chi connectivity index (χ0v) is 12.6. The van der Waals surface area contributed by atoms with E-state index in [1.54, 1.807) is 4.90 Å². The Morgan fingerprint density at radius 2 is 2.05 bits per heavy atom. The third kappa shape index (κ3) is 3.82. The molecule has 5 heteroatoms. The largest absolute Gasteiger partial charge is 0.468 e. The van der Waals surface area contributed by atoms with Crippen LogP contribution >= 0.6 is 0 Å². The molecule has 1 amide bonds. The van der Waals surface area contributed by atoms with Crippen LogP contribution in [0.4, 0.5) is 0 Å². The van der Waals surface area contributed by atoms with Gasteiger partial charge in [-0.3, -0.25) is 9.59 Å². The van der Waals surface area contributed by atoms with E-state index in [-0.39, 0.29) is 24.5 Å². The van der Waals surface area contributed by atoms with Gasteiger partial charge in [-0.2, -0.15) is 0 Å². The number of hydrogen-bond acceptors (Lipinski definition) is 4. The van der Waals surface area contributed by atoms with Gasteiger partial charge in [0.25, 0.3) is 0 Å². The predicted octanol–water partition coefficient (Wildman–Crippen LogP) is 1.11. The van der Waals surface area contributed by atoms with E-state index in [1.165, 1.54) is 18.2 Å². The summed E-state index contributed by atoms with van der Waals surface area (Å²) < 4.78 is 4.67. The molecule has 2 rings (SSSR count). The number of fused-ring (bicyclic) bond motifs is 1. The summed E-state index contributed by atoms with van der Waals surface area (Å²) in [5, 5.41) is 3.26. The second kappa shape index (κ2) is 7.22. The number of esters is 1. The van der Waals surface area contributed by atoms with Crippen molar-refractivity contribution in [3.05, 3.63) is 35.4 Å². The Labute approximate surface area is 125 Å². The summed E-state index contributed by atoms with van der Waals surface area (Å²) in [6.45, 7) is 3.25. The third-order valence-corrected chi connectivity index (χ3v) is 3.73. The van der Waals surface area contributed by atoms with Crippen molar-refractivity contribution in [3.63, 3.8) is 0 Å². The molecule has 1 aliphatic rings. The monoisotopic (exact) mass is 290 g/mol. The van der Waals surface area contributed by atoms with Crippen LogP contribution in [0.5, 0.6) is 0 Å². The first kappa shape index (κ1) is 15.5. The number of hydrogen-bond donors (Lipinski definition) is 1. The SMILES string of the molecule is CCCN(CC(=O)OC)C(=O)[C@@H]1Cc2ccccc2CN1. The maximum atomic E-state index is 12.6. The molecule has 0 bridgehead atoms. The van der Waals surface area contributed by atoms with Crippen molar-refractivity contribution in [1.29, 1.82) is 0 Å². The smallest absolute Gasteiger partial charge is 0.325 e. The van der Waals surface area contributed by atoms with E-state index in [0.29, 0.717) is 19.5 Å². The molecule has 0 aliphatic carbocycles. The molecule has 0 unspecified atom stereocenters. The molecule has 0 aromatic heterocycles. The topological polar surface area (TPSA) is 58.6 Å². The van der Waals surface area contributed by atoms with Gasteiger partial charge >= 0.3 is 5.97 Å². The molecular weight excluding hydrogens is 268 g/mol. The lowest BCUT2D eigenvalue weighted by Crippen LogP contribution is -2.51. The number of carbonyl (C=O) groups excluding carboxylic acids is 2. The highest BCUT2D eigenvalue weighted by molar-refractivity contribution is 5.86. The summed E-state index contributed by atoms with van der Waals surface area (Å²) in [4.78, 5) is 25.6. The minimum absolute atomic E-state index is 0.0169. The van der Waals surface area contributed by atoms with Crippen molar-refractivity contribution < 1.29 is 14.3 Å². The number of benzene rings is 1. The molecule has 1 aromatic rings. The average molecular weight is 290 g/mol. The number of methoxy groups -OCH3 is 1. The molecule has 1 heterocycles. The highest BCUT2D eigenvalue weighted by Crippen LogP contribution is 2.17. The van der Waals surface area contributed by atoms with Crippen LogP contribution in [-0.2, 0) is 27.3 Å². The van der Waals surface area contributed by atoms with Gasteiger partial charge in [-0.05, 0) is 24.0 Å². The molecule has 21 heavy (non-hydrogen) atoms. The van der Waals surface area contributed by atoms with Gasteiger partial charge in [0.1, 0.15) is 6.54 Å². The van der Waals surface area contributed by atoms with E-state index in [2.05, 4.69) is 22.2 Å². The number of carbonyl (C=O) groups is 2. The van der Waals surface area contributed by atoms with Crippen LogP contribution < -0.4 is 5.32 Å². The molecule has 114 valence electrons. The van der Waals surface area contributed by atoms with Gasteiger partial charge in [0.2, 0.25) is 5.91 Å². The van der Waals surface area contributed by atoms with Crippen LogP contribution in [-0.4, -0.2) is 43.0 Å². The fraction of sp³-hybridized carbons (Fsp3) is 0.500. The van der Waals surface area contributed by atoms with E-state index in [1.807, 2.05) is 19.1 Å². The lowest BCUT2D eigenvalue weighted by Gasteiger charge is -2.30. The molecular formula is C16H22N2O3. The van der Waals surface area contributed by atoms with E-state index in [9.17, 15) is 9.59 Å². The minimum Gasteiger partial charge on any atom is -0.468 e. The Balaban J connectivity index is 2.06. The third-order valence-electron chi connectivity index (χ3n) is 3.73. The first-order valence-electron chi connectivity index (χ1n) is 7.31. The normalized spacial score (nSPS) is 17.0. The van der Waals surface area contributed by atoms with Crippen molar-refractivity contribution in [2.45, 2.75) is 32.4 Å². The molecule has 0 spiro atoms. The zero-order chi connectivity index (χ0) is 15.2. The first-order chi connectivity index (χ1) is 10.2. The molecule has 0 saturated carbocycles. The Morgan fingerprint density at radius 3 is 2.71 bits per heavy atom. The van der Waals surface area contributed by atoms with E-state index in [4.69, 9.17) is 0 Å². The van der Waals surface area contributed by atoms with Gasteiger partial charge in [-0.25, -0.2) is 0 Å². The first-order valence-corrected chi connectivity index (χ1v) is 7.31. The molecule has 1 N–H and O–H groups in total. The number of nitrogens with zero attached hydrogens (tertiary/aromatic N) is 1. The maximum Gasteiger partial charge on any atom is 0.325 e. The molecule has 5 nitrogen and oxygen atoms in total. The summed E-state index contributed by atoms with van der Waals surface area (Å²) in [6.07, 6.45) is 1.47. The van der Waals surface area contributed by atoms with Crippen molar-refractivity contribution in [2.24, 2.45) is 0 Å². The number of ether oxygens (including phenoxy) is 1. The molecule has 1 aliphatic heterocycles. The lowest BCUT2D eigenvalue weighted by atomic mass is 9.95. The van der Waals surface area contributed by atoms with E-state index < -0.39 is 0 Å². The quantitative estimate of drug-likeness (QED) is 0.825. The van der Waals surface area contributed by atoms with Gasteiger partial charge in [-0.1, -0.05) is 31.2 Å². The van der Waals surface area contributed by atoms with Gasteiger partial charge in [-0.15, -0.1) is 0 Å². The number of amides is 1. The summed E-state index contributed by atoms with van der Waals surface area (Å²) in [6, 6.07) is 7.85. The van der Waals surface area contributed by atoms with E-state index >= 15 is 0 Å². The molecule has 0 radical (unpaired) electrons. The summed E-state index contributed by atoms with van der Waals surface area (Å²) in [5.74, 6) is -0.412. The Bertz CT molecular complexity index is 516.